The summed E-state index contributed by atoms with van der Waals surface area (Å²) in [5.41, 5.74) is 3.22. The summed E-state index contributed by atoms with van der Waals surface area (Å²) in [6.45, 7) is 2.10. The normalized spacial score (nSPS) is 18.1. The van der Waals surface area contributed by atoms with Gasteiger partial charge in [0, 0.05) is 29.5 Å². The van der Waals surface area contributed by atoms with Crippen LogP contribution in [0.25, 0.3) is 21.9 Å². The van der Waals surface area contributed by atoms with Gasteiger partial charge in [0.05, 0.1) is 22.9 Å². The Morgan fingerprint density at radius 3 is 2.96 bits per heavy atom. The molecule has 0 saturated heterocycles. The van der Waals surface area contributed by atoms with Crippen LogP contribution >= 0.6 is 11.6 Å². The van der Waals surface area contributed by atoms with Gasteiger partial charge in [0.1, 0.15) is 5.82 Å². The maximum absolute atomic E-state index is 12.2. The first kappa shape index (κ1) is 17.4. The minimum atomic E-state index is -0.232. The van der Waals surface area contributed by atoms with Crippen LogP contribution in [0.4, 0.5) is 5.82 Å². The lowest BCUT2D eigenvalue weighted by Gasteiger charge is -2.11. The number of nitrogens with one attached hydrogen (secondary N) is 1. The van der Waals surface area contributed by atoms with E-state index in [0.717, 1.165) is 28.3 Å². The van der Waals surface area contributed by atoms with Gasteiger partial charge in [-0.3, -0.25) is 9.78 Å². The van der Waals surface area contributed by atoms with Crippen molar-refractivity contribution in [2.75, 3.05) is 5.32 Å². The monoisotopic (exact) mass is 376 g/mol. The van der Waals surface area contributed by atoms with E-state index in [1.807, 2.05) is 30.5 Å². The number of hydrogen-bond donors (Lipinski definition) is 1. The van der Waals surface area contributed by atoms with Crippen LogP contribution < -0.4 is 5.32 Å². The van der Waals surface area contributed by atoms with Crippen molar-refractivity contribution < 1.29 is 4.79 Å². The van der Waals surface area contributed by atoms with E-state index in [1.165, 1.54) is 5.56 Å². The third-order valence-electron chi connectivity index (χ3n) is 4.93. The predicted molar refractivity (Wildman–Crippen MR) is 105 cm³/mol. The Labute approximate surface area is 162 Å². The van der Waals surface area contributed by atoms with E-state index < -0.39 is 0 Å². The number of nitrogens with zero attached hydrogens (tertiary/aromatic N) is 3. The van der Waals surface area contributed by atoms with Crippen LogP contribution in [0.1, 0.15) is 18.9 Å². The second kappa shape index (κ2) is 6.98. The molecule has 1 aliphatic rings. The Kier molecular flexibility index (Phi) is 4.51. The van der Waals surface area contributed by atoms with Crippen molar-refractivity contribution in [2.45, 2.75) is 19.8 Å². The van der Waals surface area contributed by atoms with Crippen molar-refractivity contribution in [3.8, 4) is 17.2 Å². The van der Waals surface area contributed by atoms with Gasteiger partial charge in [-0.15, -0.1) is 0 Å². The molecule has 0 aliphatic heterocycles. The molecule has 0 bridgehead atoms. The van der Waals surface area contributed by atoms with E-state index in [0.29, 0.717) is 17.3 Å². The predicted octanol–water partition coefficient (Wildman–Crippen LogP) is 4.61. The molecule has 6 heteroatoms. The minimum Gasteiger partial charge on any atom is -0.310 e. The topological polar surface area (TPSA) is 78.7 Å². The first-order chi connectivity index (χ1) is 13.1. The van der Waals surface area contributed by atoms with Crippen LogP contribution in [0.15, 0.2) is 42.9 Å². The molecule has 1 fully saturated rings. The van der Waals surface area contributed by atoms with Crippen molar-refractivity contribution in [3.63, 3.8) is 0 Å². The number of fused-ring (bicyclic) bond motifs is 1. The number of halogens is 1. The van der Waals surface area contributed by atoms with E-state index in [-0.39, 0.29) is 17.7 Å². The first-order valence-corrected chi connectivity index (χ1v) is 9.21. The lowest BCUT2D eigenvalue weighted by Crippen LogP contribution is -2.15. The maximum atomic E-state index is 12.2. The summed E-state index contributed by atoms with van der Waals surface area (Å²) in [7, 11) is 0. The molecule has 0 spiro atoms. The molecule has 1 N–H and O–H groups in total. The Bertz CT molecular complexity index is 1090. The summed E-state index contributed by atoms with van der Waals surface area (Å²) < 4.78 is 0. The number of carbonyl (C=O) groups excluding carboxylic acids is 1. The number of carbonyl (C=O) groups is 1. The highest BCUT2D eigenvalue weighted by Gasteiger charge is 2.43. The Morgan fingerprint density at radius 1 is 1.37 bits per heavy atom. The van der Waals surface area contributed by atoms with Gasteiger partial charge < -0.3 is 5.32 Å². The Morgan fingerprint density at radius 2 is 2.22 bits per heavy atom. The first-order valence-electron chi connectivity index (χ1n) is 8.83. The zero-order valence-electron chi connectivity index (χ0n) is 14.7. The summed E-state index contributed by atoms with van der Waals surface area (Å²) in [4.78, 5) is 20.7. The quantitative estimate of drug-likeness (QED) is 0.721. The molecule has 27 heavy (non-hydrogen) atoms. The molecule has 2 heterocycles. The van der Waals surface area contributed by atoms with Crippen LogP contribution in [0.3, 0.4) is 0 Å². The standard InChI is InChI=1S/C21H17ClN4O/c1-2-12-3-4-24-10-17(12)13-5-14-8-20(25-11-18(14)19(22)7-13)26-21(27)16-6-15(16)9-23/h3-5,7-8,10-11,15-16H,2,6H2,1H3,(H,25,26,27)/t15-,16+/m0/s1. The van der Waals surface area contributed by atoms with Crippen molar-refractivity contribution in [3.05, 3.63) is 53.4 Å². The molecule has 5 nitrogen and oxygen atoms in total. The highest BCUT2D eigenvalue weighted by atomic mass is 35.5. The molecule has 1 aromatic carbocycles. The molecule has 2 atom stereocenters. The van der Waals surface area contributed by atoms with Gasteiger partial charge in [-0.05, 0) is 53.6 Å². The van der Waals surface area contributed by atoms with Gasteiger partial charge in [0.15, 0.2) is 0 Å². The third kappa shape index (κ3) is 3.36. The summed E-state index contributed by atoms with van der Waals surface area (Å²) in [6.07, 6.45) is 6.80. The number of rotatable bonds is 4. The average Bonchev–Trinajstić information content (AvgIpc) is 3.47. The summed E-state index contributed by atoms with van der Waals surface area (Å²) in [5.74, 6) is -0.100. The molecule has 2 aromatic heterocycles. The maximum Gasteiger partial charge on any atom is 0.230 e. The van der Waals surface area contributed by atoms with E-state index in [9.17, 15) is 4.79 Å². The zero-order valence-corrected chi connectivity index (χ0v) is 15.5. The number of nitriles is 1. The summed E-state index contributed by atoms with van der Waals surface area (Å²) in [5, 5.41) is 14.0. The number of benzene rings is 1. The van der Waals surface area contributed by atoms with Crippen LogP contribution in [-0.2, 0) is 11.2 Å². The zero-order chi connectivity index (χ0) is 19.0. The molecule has 3 aromatic rings. The number of pyridine rings is 2. The highest BCUT2D eigenvalue weighted by Crippen LogP contribution is 2.38. The van der Waals surface area contributed by atoms with Crippen LogP contribution in [0, 0.1) is 23.2 Å². The van der Waals surface area contributed by atoms with E-state index in [4.69, 9.17) is 16.9 Å². The summed E-state index contributed by atoms with van der Waals surface area (Å²) in [6, 6.07) is 9.90. The van der Waals surface area contributed by atoms with Crippen molar-refractivity contribution in [1.29, 1.82) is 5.26 Å². The van der Waals surface area contributed by atoms with Gasteiger partial charge in [0.25, 0.3) is 0 Å². The van der Waals surface area contributed by atoms with Crippen LogP contribution in [-0.4, -0.2) is 15.9 Å². The van der Waals surface area contributed by atoms with Gasteiger partial charge >= 0.3 is 0 Å². The fraction of sp³-hybridized carbons (Fsp3) is 0.238. The second-order valence-electron chi connectivity index (χ2n) is 6.70. The third-order valence-corrected chi connectivity index (χ3v) is 5.25. The van der Waals surface area contributed by atoms with Crippen molar-refractivity contribution in [1.82, 2.24) is 9.97 Å². The van der Waals surface area contributed by atoms with Gasteiger partial charge in [0.2, 0.25) is 5.91 Å². The van der Waals surface area contributed by atoms with E-state index in [1.54, 1.807) is 12.4 Å². The molecule has 4 rings (SSSR count). The lowest BCUT2D eigenvalue weighted by molar-refractivity contribution is -0.117. The number of anilines is 1. The van der Waals surface area contributed by atoms with Crippen molar-refractivity contribution in [2.24, 2.45) is 11.8 Å². The molecule has 134 valence electrons. The molecular weight excluding hydrogens is 360 g/mol. The molecule has 1 saturated carbocycles. The van der Waals surface area contributed by atoms with Crippen LogP contribution in [0.5, 0.6) is 0 Å². The molecule has 0 unspecified atom stereocenters. The number of aryl methyl sites for hydroxylation is 1. The van der Waals surface area contributed by atoms with Crippen molar-refractivity contribution >= 4 is 34.1 Å². The lowest BCUT2D eigenvalue weighted by atomic mass is 9.98. The smallest absolute Gasteiger partial charge is 0.230 e. The Balaban J connectivity index is 1.70. The molecular formula is C21H17ClN4O. The molecule has 1 aliphatic carbocycles. The van der Waals surface area contributed by atoms with Gasteiger partial charge in [-0.2, -0.15) is 5.26 Å². The largest absolute Gasteiger partial charge is 0.310 e. The number of aromatic nitrogens is 2. The van der Waals surface area contributed by atoms with Gasteiger partial charge in [-0.1, -0.05) is 18.5 Å². The fourth-order valence-corrected chi connectivity index (χ4v) is 3.55. The van der Waals surface area contributed by atoms with Gasteiger partial charge in [-0.25, -0.2) is 4.98 Å². The second-order valence-corrected chi connectivity index (χ2v) is 7.11. The molecule has 1 amide bonds. The number of amides is 1. The van der Waals surface area contributed by atoms with E-state index in [2.05, 4.69) is 28.3 Å². The number of hydrogen-bond acceptors (Lipinski definition) is 4. The molecule has 0 radical (unpaired) electrons. The fourth-order valence-electron chi connectivity index (χ4n) is 3.28. The Hall–Kier alpha value is -2.97. The average molecular weight is 377 g/mol. The van der Waals surface area contributed by atoms with Crippen LogP contribution in [0.2, 0.25) is 5.02 Å². The summed E-state index contributed by atoms with van der Waals surface area (Å²) >= 11 is 6.48. The minimum absolute atomic E-state index is 0.156. The van der Waals surface area contributed by atoms with E-state index >= 15 is 0 Å². The highest BCUT2D eigenvalue weighted by molar-refractivity contribution is 6.36. The SMILES string of the molecule is CCc1ccncc1-c1cc(Cl)c2cnc(NC(=O)[C@@H]3C[C@H]3C#N)cc2c1.